The summed E-state index contributed by atoms with van der Waals surface area (Å²) in [5, 5.41) is 12.0. The van der Waals surface area contributed by atoms with Crippen LogP contribution in [0.3, 0.4) is 0 Å². The largest absolute Gasteiger partial charge is 0.399 e. The molecule has 0 aromatic heterocycles. The second kappa shape index (κ2) is 4.93. The number of nitrogens with one attached hydrogen (secondary N) is 1. The summed E-state index contributed by atoms with van der Waals surface area (Å²) in [6, 6.07) is 7.35. The van der Waals surface area contributed by atoms with Gasteiger partial charge in [-0.05, 0) is 24.6 Å². The molecule has 0 fully saturated rings. The van der Waals surface area contributed by atoms with Gasteiger partial charge in [-0.15, -0.1) is 6.58 Å². The second-order valence-corrected chi connectivity index (χ2v) is 2.92. The van der Waals surface area contributed by atoms with Crippen molar-refractivity contribution in [1.29, 1.82) is 5.26 Å². The highest BCUT2D eigenvalue weighted by Crippen LogP contribution is 2.17. The molecule has 0 aliphatic rings. The highest BCUT2D eigenvalue weighted by molar-refractivity contribution is 5.62. The van der Waals surface area contributed by atoms with E-state index in [9.17, 15) is 0 Å². The van der Waals surface area contributed by atoms with E-state index in [1.807, 2.05) is 12.1 Å². The lowest BCUT2D eigenvalue weighted by Crippen LogP contribution is -2.02. The molecule has 0 atom stereocenters. The van der Waals surface area contributed by atoms with Gasteiger partial charge >= 0.3 is 0 Å². The van der Waals surface area contributed by atoms with Crippen LogP contribution in [0.5, 0.6) is 0 Å². The van der Waals surface area contributed by atoms with Crippen LogP contribution in [0.25, 0.3) is 0 Å². The molecule has 0 radical (unpaired) electrons. The van der Waals surface area contributed by atoms with Gasteiger partial charge in [0.2, 0.25) is 0 Å². The van der Waals surface area contributed by atoms with Gasteiger partial charge in [-0.25, -0.2) is 0 Å². The molecule has 0 saturated carbocycles. The van der Waals surface area contributed by atoms with Gasteiger partial charge in [0.25, 0.3) is 0 Å². The minimum atomic E-state index is 0.578. The van der Waals surface area contributed by atoms with E-state index in [1.165, 1.54) is 0 Å². The zero-order valence-electron chi connectivity index (χ0n) is 7.96. The van der Waals surface area contributed by atoms with E-state index in [-0.39, 0.29) is 0 Å². The Morgan fingerprint density at radius 1 is 1.57 bits per heavy atom. The maximum atomic E-state index is 8.83. The average molecular weight is 187 g/mol. The second-order valence-electron chi connectivity index (χ2n) is 2.92. The summed E-state index contributed by atoms with van der Waals surface area (Å²) in [7, 11) is 0. The molecule has 0 bridgehead atoms. The average Bonchev–Trinajstić information content (AvgIpc) is 2.20. The molecule has 0 aliphatic heterocycles. The van der Waals surface area contributed by atoms with Crippen molar-refractivity contribution < 1.29 is 0 Å². The Bertz CT molecular complexity index is 363. The highest BCUT2D eigenvalue weighted by atomic mass is 14.9. The van der Waals surface area contributed by atoms with Gasteiger partial charge in [-0.1, -0.05) is 6.08 Å². The summed E-state index contributed by atoms with van der Waals surface area (Å²) in [5.74, 6) is 0. The molecule has 0 unspecified atom stereocenters. The fraction of sp³-hybridized carbons (Fsp3) is 0.182. The third-order valence-electron chi connectivity index (χ3n) is 1.83. The van der Waals surface area contributed by atoms with E-state index in [0.717, 1.165) is 18.7 Å². The molecule has 0 saturated heterocycles. The summed E-state index contributed by atoms with van der Waals surface area (Å²) in [4.78, 5) is 0. The minimum absolute atomic E-state index is 0.578. The monoisotopic (exact) mass is 187 g/mol. The third kappa shape index (κ3) is 2.53. The van der Waals surface area contributed by atoms with Gasteiger partial charge < -0.3 is 11.1 Å². The van der Waals surface area contributed by atoms with Gasteiger partial charge in [0.05, 0.1) is 11.3 Å². The van der Waals surface area contributed by atoms with Crippen molar-refractivity contribution in [1.82, 2.24) is 0 Å². The van der Waals surface area contributed by atoms with Crippen LogP contribution in [0.1, 0.15) is 12.0 Å². The Balaban J connectivity index is 2.76. The Kier molecular flexibility index (Phi) is 3.57. The van der Waals surface area contributed by atoms with Crippen LogP contribution in [-0.4, -0.2) is 6.54 Å². The molecule has 1 rings (SSSR count). The molecule has 0 heterocycles. The zero-order chi connectivity index (χ0) is 10.4. The number of anilines is 2. The molecule has 1 aromatic carbocycles. The summed E-state index contributed by atoms with van der Waals surface area (Å²) in [5.41, 5.74) is 7.57. The summed E-state index contributed by atoms with van der Waals surface area (Å²) < 4.78 is 0. The van der Waals surface area contributed by atoms with E-state index in [0.29, 0.717) is 11.3 Å². The number of nitrogen functional groups attached to an aromatic ring is 1. The SMILES string of the molecule is C=CCCNc1ccc(N)cc1C#N. The van der Waals surface area contributed by atoms with Crippen molar-refractivity contribution in [3.8, 4) is 6.07 Å². The predicted octanol–water partition coefficient (Wildman–Crippen LogP) is 2.13. The Morgan fingerprint density at radius 2 is 2.36 bits per heavy atom. The number of nitrogens with two attached hydrogens (primary N) is 1. The molecule has 14 heavy (non-hydrogen) atoms. The number of nitrogens with zero attached hydrogens (tertiary/aromatic N) is 1. The van der Waals surface area contributed by atoms with Crippen molar-refractivity contribution in [2.24, 2.45) is 0 Å². The van der Waals surface area contributed by atoms with Gasteiger partial charge in [0.1, 0.15) is 6.07 Å². The summed E-state index contributed by atoms with van der Waals surface area (Å²) in [6.45, 7) is 4.40. The Morgan fingerprint density at radius 3 is 3.00 bits per heavy atom. The van der Waals surface area contributed by atoms with Crippen LogP contribution in [0, 0.1) is 11.3 Å². The number of nitriles is 1. The predicted molar refractivity (Wildman–Crippen MR) is 58.9 cm³/mol. The van der Waals surface area contributed by atoms with E-state index in [2.05, 4.69) is 18.0 Å². The van der Waals surface area contributed by atoms with Crippen molar-refractivity contribution in [3.63, 3.8) is 0 Å². The van der Waals surface area contributed by atoms with Gasteiger partial charge in [-0.3, -0.25) is 0 Å². The smallest absolute Gasteiger partial charge is 0.101 e. The molecule has 0 amide bonds. The molecule has 72 valence electrons. The highest BCUT2D eigenvalue weighted by Gasteiger charge is 2.00. The van der Waals surface area contributed by atoms with Crippen LogP contribution in [0.15, 0.2) is 30.9 Å². The lowest BCUT2D eigenvalue weighted by Gasteiger charge is -2.06. The molecule has 0 aliphatic carbocycles. The van der Waals surface area contributed by atoms with Gasteiger partial charge in [0, 0.05) is 12.2 Å². The normalized spacial score (nSPS) is 9.07. The Labute approximate surface area is 83.8 Å². The quantitative estimate of drug-likeness (QED) is 0.431. The first-order chi connectivity index (χ1) is 6.77. The summed E-state index contributed by atoms with van der Waals surface area (Å²) >= 11 is 0. The number of hydrogen-bond acceptors (Lipinski definition) is 3. The lowest BCUT2D eigenvalue weighted by atomic mass is 10.1. The van der Waals surface area contributed by atoms with E-state index in [1.54, 1.807) is 12.1 Å². The first kappa shape index (κ1) is 10.1. The lowest BCUT2D eigenvalue weighted by molar-refractivity contribution is 1.07. The number of benzene rings is 1. The fourth-order valence-corrected chi connectivity index (χ4v) is 1.12. The van der Waals surface area contributed by atoms with Crippen molar-refractivity contribution in [3.05, 3.63) is 36.4 Å². The van der Waals surface area contributed by atoms with E-state index < -0.39 is 0 Å². The molecule has 1 aromatic rings. The third-order valence-corrected chi connectivity index (χ3v) is 1.83. The number of hydrogen-bond donors (Lipinski definition) is 2. The first-order valence-corrected chi connectivity index (χ1v) is 4.42. The van der Waals surface area contributed by atoms with E-state index in [4.69, 9.17) is 11.0 Å². The van der Waals surface area contributed by atoms with E-state index >= 15 is 0 Å². The number of rotatable bonds is 4. The van der Waals surface area contributed by atoms with Crippen LogP contribution in [0.4, 0.5) is 11.4 Å². The van der Waals surface area contributed by atoms with Crippen LogP contribution >= 0.6 is 0 Å². The first-order valence-electron chi connectivity index (χ1n) is 4.42. The molecule has 3 heteroatoms. The van der Waals surface area contributed by atoms with Crippen molar-refractivity contribution in [2.45, 2.75) is 6.42 Å². The van der Waals surface area contributed by atoms with Crippen LogP contribution in [-0.2, 0) is 0 Å². The molecular formula is C11H13N3. The van der Waals surface area contributed by atoms with Gasteiger partial charge in [0.15, 0.2) is 0 Å². The molecule has 0 spiro atoms. The van der Waals surface area contributed by atoms with Crippen LogP contribution < -0.4 is 11.1 Å². The molecular weight excluding hydrogens is 174 g/mol. The minimum Gasteiger partial charge on any atom is -0.399 e. The Hall–Kier alpha value is -1.95. The van der Waals surface area contributed by atoms with Gasteiger partial charge in [-0.2, -0.15) is 5.26 Å². The van der Waals surface area contributed by atoms with Crippen molar-refractivity contribution in [2.75, 3.05) is 17.6 Å². The maximum absolute atomic E-state index is 8.83. The summed E-state index contributed by atoms with van der Waals surface area (Å²) in [6.07, 6.45) is 2.70. The maximum Gasteiger partial charge on any atom is 0.101 e. The van der Waals surface area contributed by atoms with Crippen LogP contribution in [0.2, 0.25) is 0 Å². The molecule has 3 nitrogen and oxygen atoms in total. The van der Waals surface area contributed by atoms with Crippen molar-refractivity contribution >= 4 is 11.4 Å². The molecule has 3 N–H and O–H groups in total. The fourth-order valence-electron chi connectivity index (χ4n) is 1.12. The topological polar surface area (TPSA) is 61.8 Å². The standard InChI is InChI=1S/C11H13N3/c1-2-3-6-14-11-5-4-10(13)7-9(11)8-12/h2,4-5,7,14H,1,3,6,13H2. The zero-order valence-corrected chi connectivity index (χ0v) is 7.96.